The molecule has 2 N–H and O–H groups in total. The van der Waals surface area contributed by atoms with Crippen molar-refractivity contribution in [3.05, 3.63) is 78.1 Å². The van der Waals surface area contributed by atoms with Gasteiger partial charge in [-0.3, -0.25) is 4.68 Å². The molecular formula is C24H31N5O2. The van der Waals surface area contributed by atoms with E-state index in [4.69, 9.17) is 14.5 Å². The van der Waals surface area contributed by atoms with Crippen LogP contribution in [0.2, 0.25) is 0 Å². The number of benzene rings is 2. The summed E-state index contributed by atoms with van der Waals surface area (Å²) in [7, 11) is 1.70. The molecule has 0 spiro atoms. The summed E-state index contributed by atoms with van der Waals surface area (Å²) >= 11 is 0. The Morgan fingerprint density at radius 2 is 1.94 bits per heavy atom. The van der Waals surface area contributed by atoms with Gasteiger partial charge >= 0.3 is 0 Å². The number of aromatic nitrogens is 2. The van der Waals surface area contributed by atoms with Crippen molar-refractivity contribution in [1.29, 1.82) is 0 Å². The molecule has 0 atom stereocenters. The summed E-state index contributed by atoms with van der Waals surface area (Å²) < 4.78 is 12.8. The Kier molecular flexibility index (Phi) is 8.94. The molecule has 1 aromatic heterocycles. The number of aliphatic imine (C=N–C) groups is 1. The third-order valence-electron chi connectivity index (χ3n) is 4.62. The van der Waals surface area contributed by atoms with Gasteiger partial charge in [-0.25, -0.2) is 4.99 Å². The van der Waals surface area contributed by atoms with Gasteiger partial charge in [-0.05, 0) is 36.2 Å². The summed E-state index contributed by atoms with van der Waals surface area (Å²) in [6.45, 7) is 5.44. The van der Waals surface area contributed by atoms with Crippen LogP contribution in [0, 0.1) is 0 Å². The molecule has 0 unspecified atom stereocenters. The molecule has 7 heteroatoms. The van der Waals surface area contributed by atoms with Crippen LogP contribution in [0.3, 0.4) is 0 Å². The van der Waals surface area contributed by atoms with Gasteiger partial charge in [-0.15, -0.1) is 0 Å². The fourth-order valence-electron chi connectivity index (χ4n) is 3.10. The molecular weight excluding hydrogens is 390 g/mol. The number of rotatable bonds is 11. The molecule has 0 fully saturated rings. The minimum atomic E-state index is 0.569. The monoisotopic (exact) mass is 421 g/mol. The van der Waals surface area contributed by atoms with Gasteiger partial charge in [-0.2, -0.15) is 5.10 Å². The summed E-state index contributed by atoms with van der Waals surface area (Å²) in [6.07, 6.45) is 4.62. The zero-order chi connectivity index (χ0) is 21.7. The molecule has 31 heavy (non-hydrogen) atoms. The lowest BCUT2D eigenvalue weighted by molar-refractivity contribution is 0.172. The van der Waals surface area contributed by atoms with Crippen molar-refractivity contribution in [3.8, 4) is 5.75 Å². The molecule has 0 aliphatic rings. The van der Waals surface area contributed by atoms with Crippen LogP contribution in [0.15, 0.2) is 72.0 Å². The van der Waals surface area contributed by atoms with Crippen LogP contribution in [0.1, 0.15) is 24.5 Å². The van der Waals surface area contributed by atoms with Crippen molar-refractivity contribution in [2.24, 2.45) is 4.99 Å². The molecule has 1 heterocycles. The van der Waals surface area contributed by atoms with E-state index in [1.807, 2.05) is 53.3 Å². The largest absolute Gasteiger partial charge is 0.493 e. The highest BCUT2D eigenvalue weighted by Crippen LogP contribution is 2.18. The van der Waals surface area contributed by atoms with Gasteiger partial charge in [0.05, 0.1) is 19.7 Å². The average Bonchev–Trinajstić information content (AvgIpc) is 3.30. The van der Waals surface area contributed by atoms with E-state index in [0.29, 0.717) is 19.8 Å². The Bertz CT molecular complexity index is 941. The number of ether oxygens (including phenoxy) is 2. The third-order valence-corrected chi connectivity index (χ3v) is 4.62. The summed E-state index contributed by atoms with van der Waals surface area (Å²) in [5.74, 6) is 1.55. The van der Waals surface area contributed by atoms with Crippen LogP contribution in [0.25, 0.3) is 0 Å². The zero-order valence-electron chi connectivity index (χ0n) is 18.3. The first-order valence-corrected chi connectivity index (χ1v) is 10.6. The second-order valence-electron chi connectivity index (χ2n) is 7.02. The molecule has 164 valence electrons. The van der Waals surface area contributed by atoms with Gasteiger partial charge in [-0.1, -0.05) is 30.3 Å². The number of anilines is 1. The average molecular weight is 422 g/mol. The SMILES string of the molecule is CCNC(=NCc1ccccc1Cn1cccn1)Nc1cccc(OCCCOC)c1. The molecule has 3 rings (SSSR count). The minimum absolute atomic E-state index is 0.569. The molecule has 0 saturated carbocycles. The maximum Gasteiger partial charge on any atom is 0.196 e. The van der Waals surface area contributed by atoms with Crippen molar-refractivity contribution in [2.75, 3.05) is 32.2 Å². The number of hydrogen-bond acceptors (Lipinski definition) is 4. The van der Waals surface area contributed by atoms with E-state index >= 15 is 0 Å². The quantitative estimate of drug-likeness (QED) is 0.279. The number of methoxy groups -OCH3 is 1. The molecule has 0 bridgehead atoms. The Balaban J connectivity index is 1.66. The first-order chi connectivity index (χ1) is 15.3. The first kappa shape index (κ1) is 22.4. The molecule has 3 aromatic rings. The summed E-state index contributed by atoms with van der Waals surface area (Å²) in [5.41, 5.74) is 3.30. The highest BCUT2D eigenvalue weighted by Gasteiger charge is 2.05. The van der Waals surface area contributed by atoms with Gasteiger partial charge in [0, 0.05) is 50.8 Å². The van der Waals surface area contributed by atoms with Crippen molar-refractivity contribution >= 4 is 11.6 Å². The summed E-state index contributed by atoms with van der Waals surface area (Å²) in [4.78, 5) is 4.79. The molecule has 0 aliphatic heterocycles. The van der Waals surface area contributed by atoms with Crippen LogP contribution in [0.4, 0.5) is 5.69 Å². The van der Waals surface area contributed by atoms with E-state index in [2.05, 4.69) is 34.8 Å². The molecule has 2 aromatic carbocycles. The van der Waals surface area contributed by atoms with E-state index in [0.717, 1.165) is 36.9 Å². The number of nitrogens with zero attached hydrogens (tertiary/aromatic N) is 3. The van der Waals surface area contributed by atoms with Crippen molar-refractivity contribution in [1.82, 2.24) is 15.1 Å². The van der Waals surface area contributed by atoms with E-state index in [1.165, 1.54) is 11.1 Å². The third kappa shape index (κ3) is 7.46. The second-order valence-corrected chi connectivity index (χ2v) is 7.02. The van der Waals surface area contributed by atoms with Gasteiger partial charge < -0.3 is 20.1 Å². The van der Waals surface area contributed by atoms with Crippen molar-refractivity contribution in [3.63, 3.8) is 0 Å². The van der Waals surface area contributed by atoms with E-state index in [1.54, 1.807) is 13.3 Å². The minimum Gasteiger partial charge on any atom is -0.493 e. The highest BCUT2D eigenvalue weighted by molar-refractivity contribution is 5.93. The van der Waals surface area contributed by atoms with Crippen LogP contribution in [0.5, 0.6) is 5.75 Å². The summed E-state index contributed by atoms with van der Waals surface area (Å²) in [5, 5.41) is 11.0. The smallest absolute Gasteiger partial charge is 0.196 e. The maximum atomic E-state index is 5.80. The zero-order valence-corrected chi connectivity index (χ0v) is 18.3. The first-order valence-electron chi connectivity index (χ1n) is 10.6. The van der Waals surface area contributed by atoms with Crippen molar-refractivity contribution < 1.29 is 9.47 Å². The topological polar surface area (TPSA) is 72.7 Å². The van der Waals surface area contributed by atoms with E-state index in [9.17, 15) is 0 Å². The van der Waals surface area contributed by atoms with Crippen LogP contribution < -0.4 is 15.4 Å². The Hall–Kier alpha value is -3.32. The van der Waals surface area contributed by atoms with Gasteiger partial charge in [0.2, 0.25) is 0 Å². The van der Waals surface area contributed by atoms with Gasteiger partial charge in [0.25, 0.3) is 0 Å². The molecule has 0 saturated heterocycles. The molecule has 7 nitrogen and oxygen atoms in total. The molecule has 0 amide bonds. The Morgan fingerprint density at radius 1 is 1.06 bits per heavy atom. The Morgan fingerprint density at radius 3 is 2.71 bits per heavy atom. The molecule has 0 radical (unpaired) electrons. The number of guanidine groups is 1. The normalized spacial score (nSPS) is 11.4. The second kappa shape index (κ2) is 12.4. The van der Waals surface area contributed by atoms with Crippen molar-refractivity contribution in [2.45, 2.75) is 26.4 Å². The summed E-state index contributed by atoms with van der Waals surface area (Å²) in [6, 6.07) is 18.2. The fraction of sp³-hybridized carbons (Fsp3) is 0.333. The number of hydrogen-bond donors (Lipinski definition) is 2. The van der Waals surface area contributed by atoms with Crippen LogP contribution in [-0.2, 0) is 17.8 Å². The predicted molar refractivity (Wildman–Crippen MR) is 125 cm³/mol. The molecule has 0 aliphatic carbocycles. The lowest BCUT2D eigenvalue weighted by Crippen LogP contribution is -2.30. The fourth-order valence-corrected chi connectivity index (χ4v) is 3.10. The van der Waals surface area contributed by atoms with Gasteiger partial charge in [0.15, 0.2) is 5.96 Å². The van der Waals surface area contributed by atoms with Crippen LogP contribution in [-0.4, -0.2) is 42.6 Å². The van der Waals surface area contributed by atoms with Gasteiger partial charge in [0.1, 0.15) is 5.75 Å². The van der Waals surface area contributed by atoms with Crippen LogP contribution >= 0.6 is 0 Å². The predicted octanol–water partition coefficient (Wildman–Crippen LogP) is 3.92. The Labute approximate surface area is 184 Å². The van der Waals surface area contributed by atoms with E-state index < -0.39 is 0 Å². The highest BCUT2D eigenvalue weighted by atomic mass is 16.5. The lowest BCUT2D eigenvalue weighted by atomic mass is 10.1. The lowest BCUT2D eigenvalue weighted by Gasteiger charge is -2.14. The van der Waals surface area contributed by atoms with E-state index in [-0.39, 0.29) is 0 Å². The maximum absolute atomic E-state index is 5.80. The number of nitrogens with one attached hydrogen (secondary N) is 2. The standard InChI is InChI=1S/C24H31N5O2/c1-3-25-24(28-22-11-6-12-23(17-22)31-16-8-15-30-2)26-18-20-9-4-5-10-21(20)19-29-14-7-13-27-29/h4-7,9-14,17H,3,8,15-16,18-19H2,1-2H3,(H2,25,26,28).